The number of para-hydroxylation sites is 1. The summed E-state index contributed by atoms with van der Waals surface area (Å²) in [5.41, 5.74) is 5.01. The Labute approximate surface area is 205 Å². The fraction of sp³-hybridized carbons (Fsp3) is 0.241. The van der Waals surface area contributed by atoms with Gasteiger partial charge >= 0.3 is 0 Å². The highest BCUT2D eigenvalue weighted by atomic mass is 35.5. The Morgan fingerprint density at radius 1 is 0.971 bits per heavy atom. The standard InChI is InChI=1S/C29H27ClFNO2/c1-20-6-8-22(9-7-20)29-28(30)25(14-15-32-16-18-33-19-17-32)27(21-10-12-23(31)13-11-21)24-4-2-3-5-26(24)34-29/h2-14,27H,15-19H2,1H3/b25-14+. The van der Waals surface area contributed by atoms with Gasteiger partial charge in [0.25, 0.3) is 0 Å². The van der Waals surface area contributed by atoms with Crippen LogP contribution in [0.4, 0.5) is 4.39 Å². The molecule has 1 unspecified atom stereocenters. The highest BCUT2D eigenvalue weighted by molar-refractivity contribution is 6.35. The van der Waals surface area contributed by atoms with E-state index < -0.39 is 0 Å². The second-order valence-corrected chi connectivity index (χ2v) is 9.08. The van der Waals surface area contributed by atoms with E-state index in [2.05, 4.69) is 36.1 Å². The second kappa shape index (κ2) is 10.1. The number of nitrogens with zero attached hydrogens (tertiary/aromatic N) is 1. The molecular weight excluding hydrogens is 449 g/mol. The van der Waals surface area contributed by atoms with Crippen LogP contribution >= 0.6 is 11.6 Å². The number of halogens is 2. The number of allylic oxidation sites excluding steroid dienone is 2. The van der Waals surface area contributed by atoms with Crippen molar-refractivity contribution in [2.24, 2.45) is 0 Å². The highest BCUT2D eigenvalue weighted by Crippen LogP contribution is 2.47. The van der Waals surface area contributed by atoms with Crippen molar-refractivity contribution in [3.8, 4) is 5.75 Å². The Hall–Kier alpha value is -2.92. The molecule has 1 atom stereocenters. The maximum atomic E-state index is 13.8. The van der Waals surface area contributed by atoms with Gasteiger partial charge in [-0.05, 0) is 36.3 Å². The summed E-state index contributed by atoms with van der Waals surface area (Å²) in [6.45, 7) is 6.02. The molecule has 0 aromatic heterocycles. The Kier molecular flexibility index (Phi) is 6.82. The number of ether oxygens (including phenoxy) is 2. The largest absolute Gasteiger partial charge is 0.455 e. The summed E-state index contributed by atoms with van der Waals surface area (Å²) in [6.07, 6.45) is 2.20. The van der Waals surface area contributed by atoms with Gasteiger partial charge in [0.1, 0.15) is 11.6 Å². The van der Waals surface area contributed by atoms with Crippen molar-refractivity contribution in [3.63, 3.8) is 0 Å². The summed E-state index contributed by atoms with van der Waals surface area (Å²) in [4.78, 5) is 2.35. The van der Waals surface area contributed by atoms with E-state index in [4.69, 9.17) is 21.1 Å². The molecule has 0 radical (unpaired) electrons. The van der Waals surface area contributed by atoms with Crippen LogP contribution in [0.25, 0.3) is 5.76 Å². The molecule has 0 saturated carbocycles. The second-order valence-electron chi connectivity index (χ2n) is 8.71. The molecule has 2 aliphatic heterocycles. The Morgan fingerprint density at radius 2 is 1.68 bits per heavy atom. The van der Waals surface area contributed by atoms with Crippen molar-refractivity contribution in [1.82, 2.24) is 4.90 Å². The maximum absolute atomic E-state index is 13.8. The van der Waals surface area contributed by atoms with Gasteiger partial charge in [0.2, 0.25) is 0 Å². The molecule has 2 heterocycles. The quantitative estimate of drug-likeness (QED) is 0.428. The van der Waals surface area contributed by atoms with Gasteiger partial charge in [-0.3, -0.25) is 4.90 Å². The third-order valence-electron chi connectivity index (χ3n) is 6.40. The minimum atomic E-state index is -0.261. The molecule has 0 spiro atoms. The van der Waals surface area contributed by atoms with E-state index in [1.807, 2.05) is 42.5 Å². The molecule has 3 nitrogen and oxygen atoms in total. The van der Waals surface area contributed by atoms with Crippen molar-refractivity contribution in [2.75, 3.05) is 32.8 Å². The first-order valence-electron chi connectivity index (χ1n) is 11.6. The monoisotopic (exact) mass is 475 g/mol. The summed E-state index contributed by atoms with van der Waals surface area (Å²) < 4.78 is 25.8. The van der Waals surface area contributed by atoms with Crippen molar-refractivity contribution in [1.29, 1.82) is 0 Å². The molecule has 3 aromatic carbocycles. The van der Waals surface area contributed by atoms with Gasteiger partial charge in [-0.15, -0.1) is 0 Å². The van der Waals surface area contributed by atoms with Gasteiger partial charge in [-0.2, -0.15) is 0 Å². The number of hydrogen-bond acceptors (Lipinski definition) is 3. The lowest BCUT2D eigenvalue weighted by molar-refractivity contribution is 0.0433. The first-order chi connectivity index (χ1) is 16.6. The molecule has 1 fully saturated rings. The summed E-state index contributed by atoms with van der Waals surface area (Å²) in [5, 5.41) is 0.572. The van der Waals surface area contributed by atoms with E-state index in [-0.39, 0.29) is 11.7 Å². The van der Waals surface area contributed by atoms with Crippen LogP contribution in [0.3, 0.4) is 0 Å². The molecule has 0 aliphatic carbocycles. The van der Waals surface area contributed by atoms with Crippen molar-refractivity contribution >= 4 is 17.4 Å². The van der Waals surface area contributed by atoms with Gasteiger partial charge in [0, 0.05) is 36.7 Å². The molecule has 0 amide bonds. The van der Waals surface area contributed by atoms with E-state index in [0.717, 1.165) is 60.9 Å². The van der Waals surface area contributed by atoms with Gasteiger partial charge < -0.3 is 9.47 Å². The van der Waals surface area contributed by atoms with E-state index in [9.17, 15) is 4.39 Å². The van der Waals surface area contributed by atoms with Crippen molar-refractivity contribution in [3.05, 3.63) is 118 Å². The SMILES string of the molecule is Cc1ccc(C2=C(Cl)/C(=C/CN3CCOCC3)C(c3ccc(F)cc3)c3ccccc3O2)cc1. The fourth-order valence-corrected chi connectivity index (χ4v) is 4.85. The highest BCUT2D eigenvalue weighted by Gasteiger charge is 2.31. The zero-order valence-electron chi connectivity index (χ0n) is 19.1. The van der Waals surface area contributed by atoms with E-state index in [1.165, 1.54) is 17.7 Å². The van der Waals surface area contributed by atoms with Crippen LogP contribution in [0.15, 0.2) is 89.5 Å². The zero-order chi connectivity index (χ0) is 23.5. The van der Waals surface area contributed by atoms with Crippen LogP contribution in [0.2, 0.25) is 0 Å². The summed E-state index contributed by atoms with van der Waals surface area (Å²) in [7, 11) is 0. The molecule has 0 N–H and O–H groups in total. The summed E-state index contributed by atoms with van der Waals surface area (Å²) in [5.74, 6) is 0.934. The molecule has 5 heteroatoms. The number of fused-ring (bicyclic) bond motifs is 1. The summed E-state index contributed by atoms with van der Waals surface area (Å²) in [6, 6.07) is 22.9. The maximum Gasteiger partial charge on any atom is 0.153 e. The van der Waals surface area contributed by atoms with Crippen LogP contribution < -0.4 is 4.74 Å². The molecule has 3 aromatic rings. The molecule has 5 rings (SSSR count). The Balaban J connectivity index is 1.68. The first-order valence-corrected chi connectivity index (χ1v) is 12.0. The predicted molar refractivity (Wildman–Crippen MR) is 135 cm³/mol. The van der Waals surface area contributed by atoms with Crippen LogP contribution in [-0.2, 0) is 4.74 Å². The lowest BCUT2D eigenvalue weighted by atomic mass is 9.83. The minimum absolute atomic E-state index is 0.187. The van der Waals surface area contributed by atoms with Crippen LogP contribution in [0.5, 0.6) is 5.75 Å². The average Bonchev–Trinajstić information content (AvgIpc) is 2.99. The van der Waals surface area contributed by atoms with E-state index in [1.54, 1.807) is 0 Å². The molecule has 174 valence electrons. The van der Waals surface area contributed by atoms with Crippen molar-refractivity contribution in [2.45, 2.75) is 12.8 Å². The number of benzene rings is 3. The molecule has 2 aliphatic rings. The minimum Gasteiger partial charge on any atom is -0.455 e. The lowest BCUT2D eigenvalue weighted by Gasteiger charge is -2.27. The van der Waals surface area contributed by atoms with Gasteiger partial charge in [0.15, 0.2) is 5.76 Å². The van der Waals surface area contributed by atoms with Crippen molar-refractivity contribution < 1.29 is 13.9 Å². The van der Waals surface area contributed by atoms with Crippen LogP contribution in [0.1, 0.15) is 28.2 Å². The third-order valence-corrected chi connectivity index (χ3v) is 6.79. The molecule has 0 bridgehead atoms. The molecule has 1 saturated heterocycles. The van der Waals surface area contributed by atoms with E-state index >= 15 is 0 Å². The average molecular weight is 476 g/mol. The lowest BCUT2D eigenvalue weighted by Crippen LogP contribution is -2.36. The fourth-order valence-electron chi connectivity index (χ4n) is 4.52. The Bertz CT molecular complexity index is 1210. The number of morpholine rings is 1. The first kappa shape index (κ1) is 22.9. The zero-order valence-corrected chi connectivity index (χ0v) is 19.9. The van der Waals surface area contributed by atoms with Crippen LogP contribution in [-0.4, -0.2) is 37.7 Å². The topological polar surface area (TPSA) is 21.7 Å². The third kappa shape index (κ3) is 4.80. The summed E-state index contributed by atoms with van der Waals surface area (Å²) >= 11 is 7.18. The van der Waals surface area contributed by atoms with Crippen LogP contribution in [0, 0.1) is 12.7 Å². The molecular formula is C29H27ClFNO2. The number of hydrogen-bond donors (Lipinski definition) is 0. The van der Waals surface area contributed by atoms with Gasteiger partial charge in [-0.25, -0.2) is 4.39 Å². The van der Waals surface area contributed by atoms with Gasteiger partial charge in [0.05, 0.1) is 18.2 Å². The Morgan fingerprint density at radius 3 is 2.41 bits per heavy atom. The molecule has 34 heavy (non-hydrogen) atoms. The number of rotatable bonds is 4. The number of aryl methyl sites for hydroxylation is 1. The predicted octanol–water partition coefficient (Wildman–Crippen LogP) is 6.52. The normalized spacial score (nSPS) is 20.1. The smallest absolute Gasteiger partial charge is 0.153 e. The van der Waals surface area contributed by atoms with Gasteiger partial charge in [-0.1, -0.05) is 77.8 Å². The van der Waals surface area contributed by atoms with E-state index in [0.29, 0.717) is 10.8 Å².